The van der Waals surface area contributed by atoms with Crippen LogP contribution in [0, 0.1) is 10.1 Å². The minimum atomic E-state index is -0.979. The number of dihydropyridines is 1. The molecule has 3 rings (SSSR count). The van der Waals surface area contributed by atoms with Gasteiger partial charge in [-0.05, 0) is 26.0 Å². The number of nitrogens with one attached hydrogen (secondary N) is 1. The number of nitro benzene ring substituents is 1. The van der Waals surface area contributed by atoms with Gasteiger partial charge >= 0.3 is 5.97 Å². The Balaban J connectivity index is 2.29. The third-order valence-corrected chi connectivity index (χ3v) is 4.60. The van der Waals surface area contributed by atoms with Crippen molar-refractivity contribution < 1.29 is 23.7 Å². The van der Waals surface area contributed by atoms with Gasteiger partial charge in [0.15, 0.2) is 5.76 Å². The molecule has 0 fully saturated rings. The van der Waals surface area contributed by atoms with Crippen LogP contribution in [-0.2, 0) is 9.53 Å². The zero-order valence-electron chi connectivity index (χ0n) is 15.5. The first kappa shape index (κ1) is 19.1. The zero-order valence-corrected chi connectivity index (χ0v) is 15.5. The van der Waals surface area contributed by atoms with E-state index in [-0.39, 0.29) is 28.2 Å². The number of esters is 1. The molecular formula is C20H18N2O6. The Labute approximate surface area is 160 Å². The molecule has 1 atom stereocenters. The normalized spacial score (nSPS) is 16.6. The van der Waals surface area contributed by atoms with E-state index in [1.807, 2.05) is 0 Å². The number of benzene rings is 1. The van der Waals surface area contributed by atoms with E-state index in [0.29, 0.717) is 11.4 Å². The average Bonchev–Trinajstić information content (AvgIpc) is 3.21. The summed E-state index contributed by atoms with van der Waals surface area (Å²) in [5, 5.41) is 14.6. The molecule has 0 spiro atoms. The van der Waals surface area contributed by atoms with Crippen molar-refractivity contribution in [3.8, 4) is 0 Å². The van der Waals surface area contributed by atoms with Crippen molar-refractivity contribution in [2.24, 2.45) is 0 Å². The van der Waals surface area contributed by atoms with Crippen molar-refractivity contribution in [3.63, 3.8) is 0 Å². The Morgan fingerprint density at radius 3 is 2.39 bits per heavy atom. The Bertz CT molecular complexity index is 1020. The average molecular weight is 382 g/mol. The third kappa shape index (κ3) is 3.20. The topological polar surface area (TPSA) is 112 Å². The predicted octanol–water partition coefficient (Wildman–Crippen LogP) is 3.48. The first-order valence-corrected chi connectivity index (χ1v) is 8.45. The summed E-state index contributed by atoms with van der Waals surface area (Å²) in [6.07, 6.45) is 1.36. The van der Waals surface area contributed by atoms with Crippen LogP contribution < -0.4 is 5.32 Å². The first-order valence-electron chi connectivity index (χ1n) is 8.45. The number of nitro groups is 1. The van der Waals surface area contributed by atoms with Gasteiger partial charge in [-0.1, -0.05) is 18.2 Å². The van der Waals surface area contributed by atoms with Gasteiger partial charge in [-0.3, -0.25) is 14.9 Å². The van der Waals surface area contributed by atoms with Crippen molar-refractivity contribution in [1.82, 2.24) is 5.32 Å². The Hall–Kier alpha value is -3.68. The summed E-state index contributed by atoms with van der Waals surface area (Å²) in [7, 11) is 1.22. The lowest BCUT2D eigenvalue weighted by Gasteiger charge is -2.30. The maximum absolute atomic E-state index is 13.2. The van der Waals surface area contributed by atoms with Crippen molar-refractivity contribution in [2.75, 3.05) is 7.11 Å². The number of nitrogens with zero attached hydrogens (tertiary/aromatic N) is 1. The second-order valence-electron chi connectivity index (χ2n) is 6.25. The number of hydrogen-bond acceptors (Lipinski definition) is 7. The number of furan rings is 1. The van der Waals surface area contributed by atoms with E-state index >= 15 is 0 Å². The van der Waals surface area contributed by atoms with Crippen LogP contribution in [0.15, 0.2) is 69.6 Å². The summed E-state index contributed by atoms with van der Waals surface area (Å²) in [4.78, 5) is 36.8. The van der Waals surface area contributed by atoms with E-state index in [9.17, 15) is 19.7 Å². The number of hydrogen-bond donors (Lipinski definition) is 1. The number of ketones is 1. The smallest absolute Gasteiger partial charge is 0.336 e. The van der Waals surface area contributed by atoms with E-state index in [1.165, 1.54) is 37.6 Å². The Morgan fingerprint density at radius 2 is 1.79 bits per heavy atom. The lowest BCUT2D eigenvalue weighted by atomic mass is 9.77. The molecule has 0 aliphatic carbocycles. The molecule has 2 heterocycles. The van der Waals surface area contributed by atoms with Crippen LogP contribution in [0.1, 0.15) is 35.9 Å². The van der Waals surface area contributed by atoms with Crippen molar-refractivity contribution in [2.45, 2.75) is 19.8 Å². The summed E-state index contributed by atoms with van der Waals surface area (Å²) < 4.78 is 10.1. The van der Waals surface area contributed by atoms with Crippen LogP contribution in [0.3, 0.4) is 0 Å². The van der Waals surface area contributed by atoms with Gasteiger partial charge in [-0.2, -0.15) is 0 Å². The van der Waals surface area contributed by atoms with Crippen LogP contribution in [0.25, 0.3) is 0 Å². The Morgan fingerprint density at radius 1 is 1.11 bits per heavy atom. The highest BCUT2D eigenvalue weighted by Gasteiger charge is 2.40. The molecule has 28 heavy (non-hydrogen) atoms. The van der Waals surface area contributed by atoms with Crippen LogP contribution >= 0.6 is 0 Å². The van der Waals surface area contributed by atoms with Gasteiger partial charge in [-0.15, -0.1) is 0 Å². The predicted molar refractivity (Wildman–Crippen MR) is 99.4 cm³/mol. The van der Waals surface area contributed by atoms with E-state index < -0.39 is 22.6 Å². The number of methoxy groups -OCH3 is 1. The van der Waals surface area contributed by atoms with Crippen LogP contribution in [0.4, 0.5) is 5.69 Å². The number of rotatable bonds is 5. The number of carbonyl (C=O) groups excluding carboxylic acids is 2. The van der Waals surface area contributed by atoms with Gasteiger partial charge in [0.05, 0.1) is 29.8 Å². The van der Waals surface area contributed by atoms with E-state index in [2.05, 4.69) is 5.32 Å². The summed E-state index contributed by atoms with van der Waals surface area (Å²) in [6, 6.07) is 9.10. The molecule has 0 amide bonds. The van der Waals surface area contributed by atoms with Crippen molar-refractivity contribution in [3.05, 3.63) is 86.6 Å². The SMILES string of the molecule is COC(=O)C1=C(C)NC(C)=C(C(=O)c2ccco2)C1c1ccccc1[N+](=O)[O-]. The molecule has 8 heteroatoms. The molecule has 1 unspecified atom stereocenters. The molecule has 0 bridgehead atoms. The second kappa shape index (κ2) is 7.51. The summed E-state index contributed by atoms with van der Waals surface area (Å²) >= 11 is 0. The summed E-state index contributed by atoms with van der Waals surface area (Å²) in [5.41, 5.74) is 1.30. The largest absolute Gasteiger partial charge is 0.466 e. The maximum Gasteiger partial charge on any atom is 0.336 e. The molecule has 0 radical (unpaired) electrons. The number of para-hydroxylation sites is 1. The van der Waals surface area contributed by atoms with Crippen molar-refractivity contribution >= 4 is 17.4 Å². The molecular weight excluding hydrogens is 364 g/mol. The zero-order chi connectivity index (χ0) is 20.4. The maximum atomic E-state index is 13.2. The minimum Gasteiger partial charge on any atom is -0.466 e. The van der Waals surface area contributed by atoms with Gasteiger partial charge in [0.25, 0.3) is 5.69 Å². The highest BCUT2D eigenvalue weighted by molar-refractivity contribution is 6.11. The molecule has 1 aromatic carbocycles. The lowest BCUT2D eigenvalue weighted by molar-refractivity contribution is -0.385. The fraction of sp³-hybridized carbons (Fsp3) is 0.200. The van der Waals surface area contributed by atoms with Gasteiger partial charge in [0.2, 0.25) is 5.78 Å². The summed E-state index contributed by atoms with van der Waals surface area (Å²) in [6.45, 7) is 3.33. The fourth-order valence-electron chi connectivity index (χ4n) is 3.42. The van der Waals surface area contributed by atoms with Gasteiger partial charge in [0, 0.05) is 28.6 Å². The van der Waals surface area contributed by atoms with Crippen LogP contribution in [0.5, 0.6) is 0 Å². The molecule has 2 aromatic rings. The molecule has 0 saturated heterocycles. The second-order valence-corrected chi connectivity index (χ2v) is 6.25. The lowest BCUT2D eigenvalue weighted by Crippen LogP contribution is -2.31. The number of ether oxygens (including phenoxy) is 1. The number of carbonyl (C=O) groups is 2. The number of Topliss-reactive ketones (excluding diaryl/α,β-unsaturated/α-hetero) is 1. The highest BCUT2D eigenvalue weighted by atomic mass is 16.6. The third-order valence-electron chi connectivity index (χ3n) is 4.60. The molecule has 1 aliphatic heterocycles. The molecule has 0 saturated carbocycles. The molecule has 144 valence electrons. The van der Waals surface area contributed by atoms with Gasteiger partial charge < -0.3 is 14.5 Å². The molecule has 1 N–H and O–H groups in total. The highest BCUT2D eigenvalue weighted by Crippen LogP contribution is 2.43. The first-order chi connectivity index (χ1) is 13.4. The minimum absolute atomic E-state index is 0.0727. The molecule has 1 aliphatic rings. The van der Waals surface area contributed by atoms with Crippen molar-refractivity contribution in [1.29, 1.82) is 0 Å². The monoisotopic (exact) mass is 382 g/mol. The van der Waals surface area contributed by atoms with Crippen LogP contribution in [0.2, 0.25) is 0 Å². The van der Waals surface area contributed by atoms with E-state index in [1.54, 1.807) is 26.0 Å². The standard InChI is InChI=1S/C20H18N2O6/c1-11-16(19(23)15-9-6-10-28-15)18(17(12(2)21-11)20(24)27-3)13-7-4-5-8-14(13)22(25)26/h4-10,18,21H,1-3H3. The summed E-state index contributed by atoms with van der Waals surface area (Å²) in [5.74, 6) is -2.05. The van der Waals surface area contributed by atoms with Gasteiger partial charge in [-0.25, -0.2) is 4.79 Å². The number of allylic oxidation sites excluding steroid dienone is 3. The quantitative estimate of drug-likeness (QED) is 0.365. The van der Waals surface area contributed by atoms with Crippen LogP contribution in [-0.4, -0.2) is 23.8 Å². The van der Waals surface area contributed by atoms with Gasteiger partial charge in [0.1, 0.15) is 0 Å². The Kier molecular flexibility index (Phi) is 5.12. The fourth-order valence-corrected chi connectivity index (χ4v) is 3.42. The molecule has 8 nitrogen and oxygen atoms in total. The van der Waals surface area contributed by atoms with E-state index in [0.717, 1.165) is 0 Å². The molecule has 1 aromatic heterocycles. The van der Waals surface area contributed by atoms with E-state index in [4.69, 9.17) is 9.15 Å².